The number of carbonyl (C=O) groups excluding carboxylic acids is 2. The second kappa shape index (κ2) is 11.3. The van der Waals surface area contributed by atoms with E-state index in [4.69, 9.17) is 9.47 Å². The number of esters is 1. The first-order chi connectivity index (χ1) is 16.6. The van der Waals surface area contributed by atoms with Crippen LogP contribution in [0.15, 0.2) is 24.3 Å². The van der Waals surface area contributed by atoms with Gasteiger partial charge in [0.2, 0.25) is 0 Å². The molecular formula is C22H27F3N4O7. The number of halogens is 3. The van der Waals surface area contributed by atoms with Gasteiger partial charge in [-0.1, -0.05) is 17.2 Å². The first-order valence-electron chi connectivity index (χ1n) is 10.6. The summed E-state index contributed by atoms with van der Waals surface area (Å²) in [6.45, 7) is 2.73. The van der Waals surface area contributed by atoms with Crippen molar-refractivity contribution < 1.29 is 41.9 Å². The van der Waals surface area contributed by atoms with Gasteiger partial charge < -0.3 is 29.6 Å². The lowest BCUT2D eigenvalue weighted by Gasteiger charge is -2.23. The molecule has 14 heteroatoms. The Balaban J connectivity index is 2.45. The van der Waals surface area contributed by atoms with Crippen LogP contribution in [0.4, 0.5) is 23.8 Å². The van der Waals surface area contributed by atoms with Crippen LogP contribution in [0.1, 0.15) is 37.6 Å². The van der Waals surface area contributed by atoms with E-state index >= 15 is 0 Å². The third kappa shape index (κ3) is 8.43. The molecule has 2 rings (SSSR count). The first-order valence-corrected chi connectivity index (χ1v) is 10.6. The van der Waals surface area contributed by atoms with Crippen molar-refractivity contribution in [2.45, 2.75) is 51.4 Å². The highest BCUT2D eigenvalue weighted by Gasteiger charge is 2.36. The summed E-state index contributed by atoms with van der Waals surface area (Å²) in [5, 5.41) is 18.1. The van der Waals surface area contributed by atoms with Gasteiger partial charge >= 0.3 is 24.1 Å². The van der Waals surface area contributed by atoms with E-state index in [0.717, 1.165) is 4.68 Å². The molecule has 0 unspecified atom stereocenters. The predicted octanol–water partition coefficient (Wildman–Crippen LogP) is 3.47. The summed E-state index contributed by atoms with van der Waals surface area (Å²) in [4.78, 5) is 35.9. The van der Waals surface area contributed by atoms with Crippen LogP contribution >= 0.6 is 0 Å². The van der Waals surface area contributed by atoms with Gasteiger partial charge in [0.25, 0.3) is 0 Å². The lowest BCUT2D eigenvalue weighted by atomic mass is 10.0. The van der Waals surface area contributed by atoms with E-state index in [1.165, 1.54) is 14.2 Å². The van der Waals surface area contributed by atoms with Gasteiger partial charge in [-0.25, -0.2) is 9.59 Å². The largest absolute Gasteiger partial charge is 0.497 e. The topological polar surface area (TPSA) is 135 Å². The van der Waals surface area contributed by atoms with Gasteiger partial charge in [0, 0.05) is 12.8 Å². The van der Waals surface area contributed by atoms with Crippen molar-refractivity contribution in [1.29, 1.82) is 0 Å². The lowest BCUT2D eigenvalue weighted by Crippen LogP contribution is -2.46. The summed E-state index contributed by atoms with van der Waals surface area (Å²) in [5.41, 5.74) is -0.199. The minimum Gasteiger partial charge on any atom is -0.497 e. The molecule has 2 aromatic rings. The van der Waals surface area contributed by atoms with Crippen molar-refractivity contribution in [2.24, 2.45) is 7.05 Å². The fourth-order valence-electron chi connectivity index (χ4n) is 3.27. The van der Waals surface area contributed by atoms with Crippen LogP contribution < -0.4 is 10.1 Å². The van der Waals surface area contributed by atoms with Gasteiger partial charge in [-0.15, -0.1) is 4.68 Å². The number of benzene rings is 1. The van der Waals surface area contributed by atoms with Crippen molar-refractivity contribution in [2.75, 3.05) is 13.7 Å². The number of hydrogen-bond acceptors (Lipinski definition) is 8. The molecule has 0 spiro atoms. The number of rotatable bonds is 9. The number of nitrogens with one attached hydrogen (secondary N) is 1. The van der Waals surface area contributed by atoms with E-state index in [0.29, 0.717) is 11.3 Å². The third-order valence-electron chi connectivity index (χ3n) is 4.64. The Morgan fingerprint density at radius 2 is 1.92 bits per heavy atom. The molecule has 36 heavy (non-hydrogen) atoms. The molecule has 0 saturated carbocycles. The van der Waals surface area contributed by atoms with Crippen molar-refractivity contribution >= 4 is 17.9 Å². The molecule has 1 aromatic carbocycles. The van der Waals surface area contributed by atoms with Crippen LogP contribution in [0.5, 0.6) is 5.75 Å². The summed E-state index contributed by atoms with van der Waals surface area (Å²) in [5.74, 6) is -1.41. The molecule has 0 bridgehead atoms. The van der Waals surface area contributed by atoms with Crippen molar-refractivity contribution in [3.63, 3.8) is 0 Å². The smallest absolute Gasteiger partial charge is 0.422 e. The Morgan fingerprint density at radius 1 is 1.25 bits per heavy atom. The molecule has 1 aromatic heterocycles. The number of alkyl carbamates (subject to hydrolysis) is 1. The van der Waals surface area contributed by atoms with Crippen molar-refractivity contribution in [3.05, 3.63) is 51.2 Å². The number of ether oxygens (including phenoxy) is 3. The van der Waals surface area contributed by atoms with Gasteiger partial charge in [0.1, 0.15) is 24.4 Å². The molecule has 11 nitrogen and oxygen atoms in total. The summed E-state index contributed by atoms with van der Waals surface area (Å²) in [7, 11) is 2.78. The molecule has 1 heterocycles. The van der Waals surface area contributed by atoms with Gasteiger partial charge in [0.15, 0.2) is 6.61 Å². The summed E-state index contributed by atoms with van der Waals surface area (Å²) in [6, 6.07) is 5.07. The molecule has 0 aliphatic rings. The molecule has 1 N–H and O–H groups in total. The van der Waals surface area contributed by atoms with Crippen LogP contribution in [-0.2, 0) is 34.2 Å². The van der Waals surface area contributed by atoms with Crippen LogP contribution in [0, 0.1) is 10.1 Å². The van der Waals surface area contributed by atoms with Gasteiger partial charge in [-0.2, -0.15) is 13.2 Å². The molecular weight excluding hydrogens is 489 g/mol. The monoisotopic (exact) mass is 516 g/mol. The van der Waals surface area contributed by atoms with E-state index in [-0.39, 0.29) is 17.7 Å². The quantitative estimate of drug-likeness (QED) is 0.304. The fraction of sp³-hybridized carbons (Fsp3) is 0.500. The highest BCUT2D eigenvalue weighted by Crippen LogP contribution is 2.27. The fourth-order valence-corrected chi connectivity index (χ4v) is 3.27. The zero-order valence-electron chi connectivity index (χ0n) is 20.3. The predicted molar refractivity (Wildman–Crippen MR) is 120 cm³/mol. The molecule has 0 saturated heterocycles. The molecule has 1 atom stereocenters. The molecule has 198 valence electrons. The Bertz CT molecular complexity index is 1110. The first kappa shape index (κ1) is 28.4. The highest BCUT2D eigenvalue weighted by molar-refractivity contribution is 5.82. The minimum atomic E-state index is -4.82. The number of methoxy groups -OCH3 is 1. The van der Waals surface area contributed by atoms with E-state index < -0.39 is 53.7 Å². The van der Waals surface area contributed by atoms with E-state index in [2.05, 4.69) is 15.2 Å². The van der Waals surface area contributed by atoms with Gasteiger partial charge in [-0.05, 0) is 43.4 Å². The van der Waals surface area contributed by atoms with E-state index in [1.54, 1.807) is 45.0 Å². The molecule has 0 aliphatic heterocycles. The third-order valence-corrected chi connectivity index (χ3v) is 4.64. The maximum absolute atomic E-state index is 12.6. The molecule has 1 amide bonds. The Hall–Kier alpha value is -3.84. The van der Waals surface area contributed by atoms with Crippen LogP contribution in [0.25, 0.3) is 0 Å². The van der Waals surface area contributed by atoms with Gasteiger partial charge in [-0.3, -0.25) is 0 Å². The number of nitrogens with zero attached hydrogens (tertiary/aromatic N) is 3. The normalized spacial score (nSPS) is 12.6. The number of aromatic nitrogens is 2. The Morgan fingerprint density at radius 3 is 2.47 bits per heavy atom. The van der Waals surface area contributed by atoms with Crippen LogP contribution in [0.2, 0.25) is 0 Å². The zero-order valence-corrected chi connectivity index (χ0v) is 20.3. The Kier molecular flexibility index (Phi) is 8.89. The average molecular weight is 516 g/mol. The number of alkyl halides is 3. The molecule has 0 radical (unpaired) electrons. The van der Waals surface area contributed by atoms with Gasteiger partial charge in [0.05, 0.1) is 18.4 Å². The number of hydrogen-bond donors (Lipinski definition) is 1. The zero-order chi connectivity index (χ0) is 27.3. The number of aryl methyl sites for hydroxylation is 1. The minimum absolute atomic E-state index is 0.0599. The molecule has 0 fully saturated rings. The van der Waals surface area contributed by atoms with E-state index in [1.807, 2.05) is 0 Å². The second-order valence-corrected chi connectivity index (χ2v) is 8.78. The number of nitro groups is 1. The van der Waals surface area contributed by atoms with Crippen LogP contribution in [-0.4, -0.2) is 58.3 Å². The lowest BCUT2D eigenvalue weighted by molar-refractivity contribution is -0.393. The van der Waals surface area contributed by atoms with E-state index in [9.17, 15) is 32.9 Å². The second-order valence-electron chi connectivity index (χ2n) is 8.78. The summed E-state index contributed by atoms with van der Waals surface area (Å²) < 4.78 is 53.5. The molecule has 0 aliphatic carbocycles. The maximum atomic E-state index is 12.6. The summed E-state index contributed by atoms with van der Waals surface area (Å²) in [6.07, 6.45) is -6.42. The SMILES string of the molecule is COc1cccc(Cc2nn(C)c([N+](=O)[O-])c2C[C@H](NC(=O)OC(C)(C)C)C(=O)OCC(F)(F)F)c1. The summed E-state index contributed by atoms with van der Waals surface area (Å²) >= 11 is 0. The van der Waals surface area contributed by atoms with Crippen molar-refractivity contribution in [1.82, 2.24) is 15.1 Å². The number of amides is 1. The van der Waals surface area contributed by atoms with Crippen LogP contribution in [0.3, 0.4) is 0 Å². The number of carbonyl (C=O) groups is 2. The Labute approximate surface area is 204 Å². The average Bonchev–Trinajstić information content (AvgIpc) is 3.04. The standard InChI is InChI=1S/C22H27F3N4O7/c1-21(2,3)36-20(31)26-17(19(30)35-12-22(23,24)25)11-15-16(27-28(4)18(15)29(32)33)10-13-7-6-8-14(9-13)34-5/h6-9,17H,10-12H2,1-5H3,(H,26,31)/t17-/m0/s1. The highest BCUT2D eigenvalue weighted by atomic mass is 19.4. The maximum Gasteiger partial charge on any atom is 0.422 e. The van der Waals surface area contributed by atoms with Crippen molar-refractivity contribution in [3.8, 4) is 5.75 Å².